The second-order valence-corrected chi connectivity index (χ2v) is 1.93. The molecule has 0 saturated heterocycles. The number of carbonyl (C=O) groups is 1. The maximum absolute atomic E-state index is 12.0. The van der Waals surface area contributed by atoms with Gasteiger partial charge in [0.2, 0.25) is 5.76 Å². The van der Waals surface area contributed by atoms with Crippen molar-refractivity contribution in [3.05, 3.63) is 11.5 Å². The lowest BCUT2D eigenvalue weighted by Gasteiger charge is -1.92. The van der Waals surface area contributed by atoms with E-state index in [1.54, 1.807) is 0 Å². The van der Waals surface area contributed by atoms with Crippen molar-refractivity contribution in [2.45, 2.75) is 6.43 Å². The summed E-state index contributed by atoms with van der Waals surface area (Å²) < 4.78 is 39.6. The Labute approximate surface area is 69.2 Å². The number of nitrogen functional groups attached to an aromatic ring is 1. The van der Waals surface area contributed by atoms with Gasteiger partial charge in [-0.3, -0.25) is 0 Å². The first kappa shape index (κ1) is 9.36. The summed E-state index contributed by atoms with van der Waals surface area (Å²) in [6.07, 6.45) is -3.09. The van der Waals surface area contributed by atoms with Gasteiger partial charge in [0.05, 0.1) is 0 Å². The summed E-state index contributed by atoms with van der Waals surface area (Å²) in [5.74, 6) is -2.73. The Kier molecular flexibility index (Phi) is 2.40. The standard InChI is InChI=1S/C5H3F3N2O3/c6-3(7)1-2(4(11)13-8)12-5(9)10-1/h3H,(H2,9,10). The molecule has 0 aliphatic carbocycles. The van der Waals surface area contributed by atoms with Crippen LogP contribution in [0.2, 0.25) is 0 Å². The lowest BCUT2D eigenvalue weighted by atomic mass is 10.3. The first-order valence-corrected chi connectivity index (χ1v) is 2.93. The number of anilines is 1. The second-order valence-electron chi connectivity index (χ2n) is 1.93. The van der Waals surface area contributed by atoms with Crippen LogP contribution in [0.1, 0.15) is 22.7 Å². The zero-order valence-electron chi connectivity index (χ0n) is 5.96. The predicted octanol–water partition coefficient (Wildman–Crippen LogP) is 1.24. The number of nitrogens with two attached hydrogens (primary N) is 1. The Morgan fingerprint density at radius 2 is 2.23 bits per heavy atom. The average Bonchev–Trinajstić information content (AvgIpc) is 2.46. The molecule has 0 unspecified atom stereocenters. The van der Waals surface area contributed by atoms with Crippen LogP contribution in [0.15, 0.2) is 4.42 Å². The highest BCUT2D eigenvalue weighted by molar-refractivity contribution is 5.87. The topological polar surface area (TPSA) is 78.3 Å². The summed E-state index contributed by atoms with van der Waals surface area (Å²) in [5.41, 5.74) is 3.83. The van der Waals surface area contributed by atoms with Gasteiger partial charge in [0.1, 0.15) is 0 Å². The van der Waals surface area contributed by atoms with E-state index in [1.165, 1.54) is 0 Å². The van der Waals surface area contributed by atoms with Crippen LogP contribution in [0.5, 0.6) is 0 Å². The zero-order valence-corrected chi connectivity index (χ0v) is 5.96. The van der Waals surface area contributed by atoms with Crippen molar-refractivity contribution in [1.82, 2.24) is 4.98 Å². The molecule has 1 heterocycles. The van der Waals surface area contributed by atoms with E-state index in [9.17, 15) is 18.1 Å². The number of halogens is 3. The van der Waals surface area contributed by atoms with E-state index in [0.29, 0.717) is 0 Å². The number of alkyl halides is 2. The van der Waals surface area contributed by atoms with Crippen molar-refractivity contribution >= 4 is 12.0 Å². The van der Waals surface area contributed by atoms with Gasteiger partial charge in [0.15, 0.2) is 5.69 Å². The van der Waals surface area contributed by atoms with Crippen molar-refractivity contribution < 1.29 is 27.5 Å². The van der Waals surface area contributed by atoms with Crippen LogP contribution in [0, 0.1) is 0 Å². The Hall–Kier alpha value is -1.73. The molecule has 0 atom stereocenters. The number of rotatable bonds is 2. The maximum atomic E-state index is 12.0. The van der Waals surface area contributed by atoms with Gasteiger partial charge in [-0.15, -0.1) is 0 Å². The summed E-state index contributed by atoms with van der Waals surface area (Å²) in [5, 5.41) is 0. The summed E-state index contributed by atoms with van der Waals surface area (Å²) >= 11 is 0. The lowest BCUT2D eigenvalue weighted by Crippen LogP contribution is -2.01. The molecule has 1 aromatic rings. The number of hydrogen-bond donors (Lipinski definition) is 1. The molecule has 0 radical (unpaired) electrons. The third kappa shape index (κ3) is 1.71. The fourth-order valence-corrected chi connectivity index (χ4v) is 0.678. The van der Waals surface area contributed by atoms with Crippen LogP contribution in [0.4, 0.5) is 19.3 Å². The van der Waals surface area contributed by atoms with Gasteiger partial charge in [-0.05, 0) is 0 Å². The van der Waals surface area contributed by atoms with Gasteiger partial charge in [0.25, 0.3) is 12.4 Å². The quantitative estimate of drug-likeness (QED) is 0.769. The molecule has 0 aliphatic heterocycles. The average molecular weight is 196 g/mol. The van der Waals surface area contributed by atoms with Crippen LogP contribution in [-0.4, -0.2) is 11.0 Å². The normalized spacial score (nSPS) is 10.5. The molecule has 1 aromatic heterocycles. The minimum atomic E-state index is -3.09. The number of aromatic nitrogens is 1. The number of carbonyl (C=O) groups excluding carboxylic acids is 1. The summed E-state index contributed by atoms with van der Waals surface area (Å²) in [7, 11) is 0. The highest BCUT2D eigenvalue weighted by Gasteiger charge is 2.27. The first-order chi connectivity index (χ1) is 6.06. The Morgan fingerprint density at radius 3 is 2.69 bits per heavy atom. The van der Waals surface area contributed by atoms with Crippen molar-refractivity contribution in [1.29, 1.82) is 0 Å². The van der Waals surface area contributed by atoms with E-state index < -0.39 is 29.9 Å². The van der Waals surface area contributed by atoms with Crippen molar-refractivity contribution in [2.24, 2.45) is 0 Å². The van der Waals surface area contributed by atoms with Crippen molar-refractivity contribution in [3.63, 3.8) is 0 Å². The van der Waals surface area contributed by atoms with Crippen molar-refractivity contribution in [2.75, 3.05) is 5.73 Å². The predicted molar refractivity (Wildman–Crippen MR) is 32.4 cm³/mol. The molecule has 0 fully saturated rings. The molecule has 0 saturated carbocycles. The van der Waals surface area contributed by atoms with Gasteiger partial charge in [-0.1, -0.05) is 0 Å². The van der Waals surface area contributed by atoms with Crippen LogP contribution in [0.3, 0.4) is 0 Å². The molecular formula is C5H3F3N2O3. The Bertz CT molecular complexity index is 325. The van der Waals surface area contributed by atoms with E-state index in [0.717, 1.165) is 0 Å². The first-order valence-electron chi connectivity index (χ1n) is 2.93. The van der Waals surface area contributed by atoms with Crippen LogP contribution in [-0.2, 0) is 4.94 Å². The summed E-state index contributed by atoms with van der Waals surface area (Å²) in [6.45, 7) is 0. The molecule has 13 heavy (non-hydrogen) atoms. The van der Waals surface area contributed by atoms with Crippen molar-refractivity contribution in [3.8, 4) is 0 Å². The van der Waals surface area contributed by atoms with Gasteiger partial charge in [0, 0.05) is 4.53 Å². The highest BCUT2D eigenvalue weighted by atomic mass is 19.3. The minimum absolute atomic E-state index is 0.657. The number of nitrogens with zero attached hydrogens (tertiary/aromatic N) is 1. The van der Waals surface area contributed by atoms with E-state index >= 15 is 0 Å². The van der Waals surface area contributed by atoms with Crippen LogP contribution in [0.25, 0.3) is 0 Å². The maximum Gasteiger partial charge on any atom is 0.416 e. The minimum Gasteiger partial charge on any atom is -0.416 e. The fraction of sp³-hybridized carbons (Fsp3) is 0.200. The molecule has 0 amide bonds. The molecular weight excluding hydrogens is 193 g/mol. The van der Waals surface area contributed by atoms with E-state index in [4.69, 9.17) is 5.73 Å². The highest BCUT2D eigenvalue weighted by Crippen LogP contribution is 2.24. The zero-order chi connectivity index (χ0) is 10.0. The molecule has 72 valence electrons. The van der Waals surface area contributed by atoms with Crippen LogP contribution >= 0.6 is 0 Å². The van der Waals surface area contributed by atoms with E-state index in [2.05, 4.69) is 14.3 Å². The van der Waals surface area contributed by atoms with Gasteiger partial charge in [-0.2, -0.15) is 4.98 Å². The molecule has 0 aliphatic rings. The molecule has 2 N–H and O–H groups in total. The summed E-state index contributed by atoms with van der Waals surface area (Å²) in [4.78, 5) is 16.1. The number of hydrogen-bond acceptors (Lipinski definition) is 5. The Balaban J connectivity index is 3.11. The molecule has 0 aromatic carbocycles. The van der Waals surface area contributed by atoms with Gasteiger partial charge >= 0.3 is 5.97 Å². The SMILES string of the molecule is Nc1nc(C(F)F)c(C(=O)OF)o1. The van der Waals surface area contributed by atoms with E-state index in [-0.39, 0.29) is 0 Å². The molecule has 0 bridgehead atoms. The lowest BCUT2D eigenvalue weighted by molar-refractivity contribution is -0.0815. The summed E-state index contributed by atoms with van der Waals surface area (Å²) in [6, 6.07) is -0.657. The largest absolute Gasteiger partial charge is 0.416 e. The fourth-order valence-electron chi connectivity index (χ4n) is 0.678. The number of oxazole rings is 1. The monoisotopic (exact) mass is 196 g/mol. The van der Waals surface area contributed by atoms with E-state index in [1.807, 2.05) is 0 Å². The van der Waals surface area contributed by atoms with Crippen LogP contribution < -0.4 is 5.73 Å². The molecule has 0 spiro atoms. The third-order valence-electron chi connectivity index (χ3n) is 1.13. The van der Waals surface area contributed by atoms with Gasteiger partial charge < -0.3 is 10.2 Å². The van der Waals surface area contributed by atoms with Gasteiger partial charge in [-0.25, -0.2) is 18.5 Å². The second kappa shape index (κ2) is 3.33. The third-order valence-corrected chi connectivity index (χ3v) is 1.13. The molecule has 5 nitrogen and oxygen atoms in total. The molecule has 1 rings (SSSR count). The smallest absolute Gasteiger partial charge is 0.416 e. The molecule has 8 heteroatoms. The Morgan fingerprint density at radius 1 is 1.62 bits per heavy atom.